The van der Waals surface area contributed by atoms with Crippen LogP contribution in [0.3, 0.4) is 0 Å². The summed E-state index contributed by atoms with van der Waals surface area (Å²) in [4.78, 5) is 74.3. The van der Waals surface area contributed by atoms with E-state index in [-0.39, 0.29) is 47.9 Å². The van der Waals surface area contributed by atoms with Crippen molar-refractivity contribution < 1.29 is 33.4 Å². The molecular weight excluding hydrogens is 809 g/mol. The summed E-state index contributed by atoms with van der Waals surface area (Å²) in [6.07, 6.45) is 5.86. The van der Waals surface area contributed by atoms with Crippen LogP contribution in [0.25, 0.3) is 43.2 Å². The Hall–Kier alpha value is -5.74. The quantitative estimate of drug-likeness (QED) is 0.101. The molecule has 0 aliphatic carbocycles. The van der Waals surface area contributed by atoms with Gasteiger partial charge in [0.15, 0.2) is 0 Å². The van der Waals surface area contributed by atoms with Crippen molar-refractivity contribution in [3.8, 4) is 32.1 Å². The molecular formula is C46H54N8O7S. The lowest BCUT2D eigenvalue weighted by Gasteiger charge is -2.30. The minimum atomic E-state index is -0.699. The number of H-pyrrole nitrogens is 2. The van der Waals surface area contributed by atoms with E-state index >= 15 is 0 Å². The molecule has 0 spiro atoms. The van der Waals surface area contributed by atoms with E-state index in [0.29, 0.717) is 13.1 Å². The third kappa shape index (κ3) is 7.50. The van der Waals surface area contributed by atoms with Gasteiger partial charge in [0.2, 0.25) is 11.8 Å². The maximum atomic E-state index is 13.8. The predicted octanol–water partition coefficient (Wildman–Crippen LogP) is 8.34. The molecule has 3 aromatic heterocycles. The second kappa shape index (κ2) is 16.9. The number of rotatable bonds is 11. The molecule has 4 N–H and O–H groups in total. The highest BCUT2D eigenvalue weighted by atomic mass is 32.1. The van der Waals surface area contributed by atoms with E-state index in [2.05, 4.69) is 57.0 Å². The number of nitrogens with one attached hydrogen (secondary N) is 4. The Balaban J connectivity index is 0.962. The van der Waals surface area contributed by atoms with Gasteiger partial charge < -0.3 is 44.6 Å². The molecule has 0 saturated carbocycles. The molecule has 7 heterocycles. The molecule has 62 heavy (non-hydrogen) atoms. The van der Waals surface area contributed by atoms with Crippen molar-refractivity contribution in [2.45, 2.75) is 103 Å². The SMILES string of the molecule is COC(=O)N[C@H](C(=O)N1CCC[C@H]1c1ncc(-c2ccc(-c3ccc(-c4ccc5nc([C@@H]6CCCN6C(=O)[C@@H](NC(=O)OC)C(C)C)[nH]c5c4)c4c3C3CCC4O3)s2)[nH]1)C(C)C. The average Bonchev–Trinajstić information content (AvgIpc) is 4.12. The molecule has 2 unspecified atom stereocenters. The maximum absolute atomic E-state index is 13.8. The van der Waals surface area contributed by atoms with Crippen molar-refractivity contribution in [1.82, 2.24) is 40.4 Å². The number of carbonyl (C=O) groups excluding carboxylic acids is 4. The number of alkyl carbamates (subject to hydrolysis) is 2. The van der Waals surface area contributed by atoms with Gasteiger partial charge in [-0.3, -0.25) is 9.59 Å². The molecule has 4 aliphatic heterocycles. The van der Waals surface area contributed by atoms with Crippen LogP contribution in [0, 0.1) is 11.8 Å². The van der Waals surface area contributed by atoms with Crippen LogP contribution in [-0.2, 0) is 23.8 Å². The third-order valence-corrected chi connectivity index (χ3v) is 14.1. The van der Waals surface area contributed by atoms with Gasteiger partial charge >= 0.3 is 12.2 Å². The van der Waals surface area contributed by atoms with Crippen molar-refractivity contribution in [1.29, 1.82) is 0 Å². The second-order valence-corrected chi connectivity index (χ2v) is 18.6. The molecule has 0 radical (unpaired) electrons. The van der Waals surface area contributed by atoms with Gasteiger partial charge in [-0.25, -0.2) is 19.6 Å². The Bertz CT molecular complexity index is 2530. The number of imidazole rings is 2. The van der Waals surface area contributed by atoms with Gasteiger partial charge in [-0.15, -0.1) is 11.3 Å². The van der Waals surface area contributed by atoms with Gasteiger partial charge in [-0.05, 0) is 102 Å². The van der Waals surface area contributed by atoms with Crippen LogP contribution < -0.4 is 10.6 Å². The first-order chi connectivity index (χ1) is 29.9. The summed E-state index contributed by atoms with van der Waals surface area (Å²) in [7, 11) is 2.60. The fourth-order valence-electron chi connectivity index (χ4n) is 9.86. The van der Waals surface area contributed by atoms with Crippen LogP contribution in [0.5, 0.6) is 0 Å². The fourth-order valence-corrected chi connectivity index (χ4v) is 10.9. The van der Waals surface area contributed by atoms with E-state index in [4.69, 9.17) is 24.2 Å². The zero-order chi connectivity index (χ0) is 43.4. The second-order valence-electron chi connectivity index (χ2n) is 17.5. The van der Waals surface area contributed by atoms with E-state index in [1.165, 1.54) is 30.9 Å². The van der Waals surface area contributed by atoms with E-state index in [0.717, 1.165) is 87.8 Å². The summed E-state index contributed by atoms with van der Waals surface area (Å²) >= 11 is 1.70. The maximum Gasteiger partial charge on any atom is 0.407 e. The first-order valence-electron chi connectivity index (χ1n) is 21.7. The monoisotopic (exact) mass is 862 g/mol. The van der Waals surface area contributed by atoms with Crippen molar-refractivity contribution in [2.24, 2.45) is 11.8 Å². The number of aromatic nitrogens is 4. The number of ether oxygens (including phenoxy) is 3. The highest BCUT2D eigenvalue weighted by molar-refractivity contribution is 7.18. The van der Waals surface area contributed by atoms with E-state index in [1.807, 2.05) is 49.8 Å². The summed E-state index contributed by atoms with van der Waals surface area (Å²) in [5.41, 5.74) is 8.52. The highest BCUT2D eigenvalue weighted by Crippen LogP contribution is 2.57. The first kappa shape index (κ1) is 41.6. The number of methoxy groups -OCH3 is 2. The number of fused-ring (bicyclic) bond motifs is 6. The minimum Gasteiger partial charge on any atom is -0.453 e. The average molecular weight is 863 g/mol. The Morgan fingerprint density at radius 3 is 1.94 bits per heavy atom. The summed E-state index contributed by atoms with van der Waals surface area (Å²) < 4.78 is 16.2. The Kier molecular flexibility index (Phi) is 11.3. The predicted molar refractivity (Wildman–Crippen MR) is 234 cm³/mol. The van der Waals surface area contributed by atoms with Crippen LogP contribution in [0.1, 0.15) is 113 Å². The summed E-state index contributed by atoms with van der Waals surface area (Å²) in [6.45, 7) is 8.83. The largest absolute Gasteiger partial charge is 0.453 e. The molecule has 6 atom stereocenters. The number of benzene rings is 2. The lowest BCUT2D eigenvalue weighted by Crippen LogP contribution is -2.51. The van der Waals surface area contributed by atoms with Crippen LogP contribution in [0.4, 0.5) is 9.59 Å². The number of likely N-dealkylation sites (tertiary alicyclic amines) is 2. The minimum absolute atomic E-state index is 0.0216. The number of carbonyl (C=O) groups is 4. The number of nitrogens with zero attached hydrogens (tertiary/aromatic N) is 4. The van der Waals surface area contributed by atoms with Crippen LogP contribution >= 0.6 is 11.3 Å². The fraction of sp³-hybridized carbons (Fsp3) is 0.478. The van der Waals surface area contributed by atoms with E-state index in [1.54, 1.807) is 11.3 Å². The van der Waals surface area contributed by atoms with Gasteiger partial charge in [0, 0.05) is 18.0 Å². The Morgan fingerprint density at radius 1 is 0.742 bits per heavy atom. The molecule has 5 aromatic rings. The molecule has 4 amide bonds. The number of hydrogen-bond acceptors (Lipinski definition) is 10. The summed E-state index contributed by atoms with van der Waals surface area (Å²) in [5, 5.41) is 5.45. The van der Waals surface area contributed by atoms with Gasteiger partial charge in [-0.1, -0.05) is 45.9 Å². The molecule has 4 aliphatic rings. The molecule has 16 heteroatoms. The van der Waals surface area contributed by atoms with Gasteiger partial charge in [0.1, 0.15) is 23.7 Å². The molecule has 15 nitrogen and oxygen atoms in total. The van der Waals surface area contributed by atoms with Crippen molar-refractivity contribution in [3.63, 3.8) is 0 Å². The topological polar surface area (TPSA) is 184 Å². The molecule has 3 saturated heterocycles. The van der Waals surface area contributed by atoms with E-state index < -0.39 is 24.3 Å². The van der Waals surface area contributed by atoms with Gasteiger partial charge in [0.25, 0.3) is 0 Å². The molecule has 2 bridgehead atoms. The summed E-state index contributed by atoms with van der Waals surface area (Å²) in [6, 6.07) is 13.2. The highest BCUT2D eigenvalue weighted by Gasteiger charge is 2.43. The van der Waals surface area contributed by atoms with Crippen LogP contribution in [0.15, 0.2) is 48.7 Å². The van der Waals surface area contributed by atoms with Crippen molar-refractivity contribution >= 4 is 46.4 Å². The van der Waals surface area contributed by atoms with Crippen molar-refractivity contribution in [2.75, 3.05) is 27.3 Å². The lowest BCUT2D eigenvalue weighted by molar-refractivity contribution is -0.136. The van der Waals surface area contributed by atoms with Crippen LogP contribution in [-0.4, -0.2) is 93.1 Å². The smallest absolute Gasteiger partial charge is 0.407 e. The lowest BCUT2D eigenvalue weighted by atomic mass is 9.83. The summed E-state index contributed by atoms with van der Waals surface area (Å²) in [5.74, 6) is 0.982. The third-order valence-electron chi connectivity index (χ3n) is 13.0. The number of thiophene rings is 1. The van der Waals surface area contributed by atoms with Gasteiger partial charge in [-0.2, -0.15) is 0 Å². The first-order valence-corrected chi connectivity index (χ1v) is 22.5. The molecule has 3 fully saturated rings. The zero-order valence-electron chi connectivity index (χ0n) is 35.9. The standard InChI is InChI=1S/C46H54N8O7S/c1-23(2)39(51-45(57)59-5)43(55)53-19-7-9-31(53)41-47-22-30(50-41)36-18-17-35(62-36)27-13-12-26(37-33-15-16-34(61-33)38(27)37)25-11-14-28-29(21-25)49-42(48-28)32-10-8-20-54(32)44(56)40(24(3)4)52-46(58)60-6/h11-14,17-18,21-24,31-34,39-40H,7-10,15-16,19-20H2,1-6H3,(H,47,50)(H,48,49)(H,51,57)(H,52,58)/t31-,32-,33?,34?,39-,40-/m0/s1. The number of amides is 4. The number of hydrogen-bond donors (Lipinski definition) is 4. The zero-order valence-corrected chi connectivity index (χ0v) is 36.8. The van der Waals surface area contributed by atoms with Crippen molar-refractivity contribution in [3.05, 3.63) is 71.4 Å². The molecule has 2 aromatic carbocycles. The van der Waals surface area contributed by atoms with Crippen LogP contribution in [0.2, 0.25) is 0 Å². The normalized spacial score (nSPS) is 21.5. The Labute approximate surface area is 364 Å². The van der Waals surface area contributed by atoms with Gasteiger partial charge in [0.05, 0.1) is 66.3 Å². The number of aromatic amines is 2. The van der Waals surface area contributed by atoms with E-state index in [9.17, 15) is 19.2 Å². The Morgan fingerprint density at radius 2 is 1.32 bits per heavy atom. The molecule has 326 valence electrons. The molecule has 9 rings (SSSR count).